The van der Waals surface area contributed by atoms with Crippen molar-refractivity contribution in [3.05, 3.63) is 28.2 Å². The van der Waals surface area contributed by atoms with Crippen LogP contribution in [0.2, 0.25) is 0 Å². The van der Waals surface area contributed by atoms with Gasteiger partial charge in [-0.3, -0.25) is 4.79 Å². The summed E-state index contributed by atoms with van der Waals surface area (Å²) in [5, 5.41) is 3.01. The van der Waals surface area contributed by atoms with Gasteiger partial charge in [0, 0.05) is 16.6 Å². The zero-order chi connectivity index (χ0) is 13.1. The van der Waals surface area contributed by atoms with Crippen LogP contribution in [0.25, 0.3) is 0 Å². The maximum atomic E-state index is 12.2. The fourth-order valence-electron chi connectivity index (χ4n) is 2.27. The fourth-order valence-corrected chi connectivity index (χ4v) is 2.63. The average Bonchev–Trinajstić information content (AvgIpc) is 2.74. The molecule has 0 aliphatic heterocycles. The second kappa shape index (κ2) is 5.71. The summed E-state index contributed by atoms with van der Waals surface area (Å²) in [6.45, 7) is 0. The van der Waals surface area contributed by atoms with Gasteiger partial charge in [-0.25, -0.2) is 0 Å². The SMILES string of the molecule is COc1ccc(Br)cc1C(=O)NC1CCC(N)C1. The molecule has 0 aromatic heterocycles. The molecule has 0 spiro atoms. The van der Waals surface area contributed by atoms with Crippen LogP contribution in [0.15, 0.2) is 22.7 Å². The highest BCUT2D eigenvalue weighted by molar-refractivity contribution is 9.10. The highest BCUT2D eigenvalue weighted by Crippen LogP contribution is 2.24. The van der Waals surface area contributed by atoms with E-state index in [9.17, 15) is 4.79 Å². The Labute approximate surface area is 115 Å². The van der Waals surface area contributed by atoms with Crippen molar-refractivity contribution in [1.82, 2.24) is 5.32 Å². The molecule has 0 heterocycles. The normalized spacial score (nSPS) is 22.8. The third kappa shape index (κ3) is 3.03. The molecule has 5 heteroatoms. The van der Waals surface area contributed by atoms with Crippen molar-refractivity contribution in [2.75, 3.05) is 7.11 Å². The summed E-state index contributed by atoms with van der Waals surface area (Å²) >= 11 is 3.36. The zero-order valence-corrected chi connectivity index (χ0v) is 11.9. The van der Waals surface area contributed by atoms with Gasteiger partial charge < -0.3 is 15.8 Å². The Kier molecular flexibility index (Phi) is 4.24. The van der Waals surface area contributed by atoms with Gasteiger partial charge in [0.25, 0.3) is 5.91 Å². The molecule has 4 nitrogen and oxygen atoms in total. The molecule has 1 amide bonds. The van der Waals surface area contributed by atoms with E-state index in [-0.39, 0.29) is 18.0 Å². The van der Waals surface area contributed by atoms with Crippen LogP contribution in [0.4, 0.5) is 0 Å². The summed E-state index contributed by atoms with van der Waals surface area (Å²) in [7, 11) is 1.56. The summed E-state index contributed by atoms with van der Waals surface area (Å²) in [5.74, 6) is 0.477. The smallest absolute Gasteiger partial charge is 0.255 e. The standard InChI is InChI=1S/C13H17BrN2O2/c1-18-12-5-2-8(14)6-11(12)13(17)16-10-4-3-9(15)7-10/h2,5-6,9-10H,3-4,7,15H2,1H3,(H,16,17). The summed E-state index contributed by atoms with van der Waals surface area (Å²) in [6, 6.07) is 5.78. The van der Waals surface area contributed by atoms with E-state index in [1.54, 1.807) is 19.2 Å². The molecule has 2 rings (SSSR count). The number of hydrogen-bond donors (Lipinski definition) is 2. The molecule has 2 atom stereocenters. The van der Waals surface area contributed by atoms with Crippen molar-refractivity contribution >= 4 is 21.8 Å². The highest BCUT2D eigenvalue weighted by Gasteiger charge is 2.24. The first kappa shape index (κ1) is 13.4. The maximum absolute atomic E-state index is 12.2. The van der Waals surface area contributed by atoms with E-state index in [0.29, 0.717) is 11.3 Å². The lowest BCUT2D eigenvalue weighted by atomic mass is 10.1. The van der Waals surface area contributed by atoms with Crippen LogP contribution in [0.1, 0.15) is 29.6 Å². The average molecular weight is 313 g/mol. The Morgan fingerprint density at radius 2 is 2.28 bits per heavy atom. The van der Waals surface area contributed by atoms with E-state index in [2.05, 4.69) is 21.2 Å². The predicted molar refractivity (Wildman–Crippen MR) is 73.8 cm³/mol. The maximum Gasteiger partial charge on any atom is 0.255 e. The Balaban J connectivity index is 2.10. The van der Waals surface area contributed by atoms with Crippen LogP contribution < -0.4 is 15.8 Å². The molecule has 18 heavy (non-hydrogen) atoms. The molecule has 1 aromatic rings. The Hall–Kier alpha value is -1.07. The number of rotatable bonds is 3. The van der Waals surface area contributed by atoms with E-state index < -0.39 is 0 Å². The zero-order valence-electron chi connectivity index (χ0n) is 10.3. The molecule has 98 valence electrons. The van der Waals surface area contributed by atoms with Gasteiger partial charge in [0.2, 0.25) is 0 Å². The topological polar surface area (TPSA) is 64.3 Å². The molecule has 3 N–H and O–H groups in total. The van der Waals surface area contributed by atoms with Crippen molar-refractivity contribution in [3.8, 4) is 5.75 Å². The van der Waals surface area contributed by atoms with Crippen LogP contribution >= 0.6 is 15.9 Å². The number of carbonyl (C=O) groups is 1. The molecule has 0 radical (unpaired) electrons. The second-order valence-electron chi connectivity index (χ2n) is 4.59. The van der Waals surface area contributed by atoms with Gasteiger partial charge in [0.15, 0.2) is 0 Å². The highest BCUT2D eigenvalue weighted by atomic mass is 79.9. The van der Waals surface area contributed by atoms with Crippen molar-refractivity contribution in [2.45, 2.75) is 31.3 Å². The second-order valence-corrected chi connectivity index (χ2v) is 5.50. The van der Waals surface area contributed by atoms with E-state index >= 15 is 0 Å². The van der Waals surface area contributed by atoms with E-state index in [4.69, 9.17) is 10.5 Å². The third-order valence-electron chi connectivity index (χ3n) is 3.21. The summed E-state index contributed by atoms with van der Waals surface area (Å²) < 4.78 is 6.06. The van der Waals surface area contributed by atoms with Gasteiger partial charge in [0.05, 0.1) is 12.7 Å². The summed E-state index contributed by atoms with van der Waals surface area (Å²) in [5.41, 5.74) is 6.38. The number of benzene rings is 1. The predicted octanol–water partition coefficient (Wildman–Crippen LogP) is 2.07. The van der Waals surface area contributed by atoms with Gasteiger partial charge in [-0.1, -0.05) is 15.9 Å². The van der Waals surface area contributed by atoms with Crippen LogP contribution in [-0.4, -0.2) is 25.1 Å². The molecule has 0 bridgehead atoms. The van der Waals surface area contributed by atoms with E-state index in [1.165, 1.54) is 0 Å². The van der Waals surface area contributed by atoms with Crippen molar-refractivity contribution in [3.63, 3.8) is 0 Å². The van der Waals surface area contributed by atoms with Gasteiger partial charge in [0.1, 0.15) is 5.75 Å². The molecule has 1 aliphatic rings. The number of methoxy groups -OCH3 is 1. The molecule has 1 aromatic carbocycles. The Morgan fingerprint density at radius 3 is 2.89 bits per heavy atom. The Morgan fingerprint density at radius 1 is 1.50 bits per heavy atom. The van der Waals surface area contributed by atoms with Crippen LogP contribution in [0.3, 0.4) is 0 Å². The van der Waals surface area contributed by atoms with Gasteiger partial charge >= 0.3 is 0 Å². The molecule has 2 unspecified atom stereocenters. The molecule has 1 fully saturated rings. The number of nitrogens with one attached hydrogen (secondary N) is 1. The number of amides is 1. The van der Waals surface area contributed by atoms with Gasteiger partial charge in [-0.05, 0) is 37.5 Å². The largest absolute Gasteiger partial charge is 0.496 e. The lowest BCUT2D eigenvalue weighted by Crippen LogP contribution is -2.34. The van der Waals surface area contributed by atoms with E-state index in [1.807, 2.05) is 6.07 Å². The van der Waals surface area contributed by atoms with Gasteiger partial charge in [-0.2, -0.15) is 0 Å². The number of hydrogen-bond acceptors (Lipinski definition) is 3. The monoisotopic (exact) mass is 312 g/mol. The first-order valence-corrected chi connectivity index (χ1v) is 6.79. The minimum atomic E-state index is -0.104. The van der Waals surface area contributed by atoms with E-state index in [0.717, 1.165) is 23.7 Å². The lowest BCUT2D eigenvalue weighted by molar-refractivity contribution is 0.0934. The molecular formula is C13H17BrN2O2. The van der Waals surface area contributed by atoms with Crippen molar-refractivity contribution in [1.29, 1.82) is 0 Å². The van der Waals surface area contributed by atoms with Crippen molar-refractivity contribution in [2.24, 2.45) is 5.73 Å². The Bertz CT molecular complexity index is 451. The minimum Gasteiger partial charge on any atom is -0.496 e. The first-order chi connectivity index (χ1) is 8.60. The number of carbonyl (C=O) groups excluding carboxylic acids is 1. The quantitative estimate of drug-likeness (QED) is 0.898. The third-order valence-corrected chi connectivity index (χ3v) is 3.71. The number of ether oxygens (including phenoxy) is 1. The van der Waals surface area contributed by atoms with Gasteiger partial charge in [-0.15, -0.1) is 0 Å². The first-order valence-electron chi connectivity index (χ1n) is 6.00. The van der Waals surface area contributed by atoms with Crippen LogP contribution in [-0.2, 0) is 0 Å². The molecule has 1 saturated carbocycles. The molecule has 0 saturated heterocycles. The number of halogens is 1. The van der Waals surface area contributed by atoms with Crippen molar-refractivity contribution < 1.29 is 9.53 Å². The molecular weight excluding hydrogens is 296 g/mol. The minimum absolute atomic E-state index is 0.104. The lowest BCUT2D eigenvalue weighted by Gasteiger charge is -2.14. The van der Waals surface area contributed by atoms with Crippen LogP contribution in [0.5, 0.6) is 5.75 Å². The van der Waals surface area contributed by atoms with Crippen LogP contribution in [0, 0.1) is 0 Å². The summed E-state index contributed by atoms with van der Waals surface area (Å²) in [4.78, 5) is 12.2. The summed E-state index contributed by atoms with van der Waals surface area (Å²) in [6.07, 6.45) is 2.77. The fraction of sp³-hybridized carbons (Fsp3) is 0.462. The molecule has 1 aliphatic carbocycles. The number of nitrogens with two attached hydrogens (primary N) is 1.